The third-order valence-electron chi connectivity index (χ3n) is 5.00. The van der Waals surface area contributed by atoms with E-state index in [-0.39, 0.29) is 5.91 Å². The average Bonchev–Trinajstić information content (AvgIpc) is 2.69. The number of benzene rings is 3. The second-order valence-corrected chi connectivity index (χ2v) is 7.01. The van der Waals surface area contributed by atoms with Gasteiger partial charge in [0.25, 0.3) is 5.91 Å². The molecule has 5 nitrogen and oxygen atoms in total. The molecule has 1 unspecified atom stereocenters. The van der Waals surface area contributed by atoms with Gasteiger partial charge in [-0.25, -0.2) is 0 Å². The van der Waals surface area contributed by atoms with Crippen LogP contribution in [-0.2, 0) is 11.3 Å². The van der Waals surface area contributed by atoms with E-state index in [2.05, 4.69) is 34.5 Å². The molecule has 0 bridgehead atoms. The van der Waals surface area contributed by atoms with Crippen LogP contribution in [0.3, 0.4) is 0 Å². The first-order chi connectivity index (χ1) is 13.5. The molecule has 0 radical (unpaired) electrons. The van der Waals surface area contributed by atoms with E-state index in [9.17, 15) is 9.59 Å². The van der Waals surface area contributed by atoms with Gasteiger partial charge in [0.1, 0.15) is 6.04 Å². The maximum Gasteiger partial charge on any atom is 0.251 e. The van der Waals surface area contributed by atoms with Gasteiger partial charge >= 0.3 is 0 Å². The highest BCUT2D eigenvalue weighted by Crippen LogP contribution is 2.39. The van der Waals surface area contributed by atoms with Crippen molar-refractivity contribution in [2.45, 2.75) is 19.5 Å². The number of nitrogens with two attached hydrogens (primary N) is 1. The number of hydrogen-bond donors (Lipinski definition) is 2. The fraction of sp³-hybridized carbons (Fsp3) is 0.130. The van der Waals surface area contributed by atoms with Gasteiger partial charge in [-0.15, -0.1) is 0 Å². The lowest BCUT2D eigenvalue weighted by Gasteiger charge is -2.38. The maximum absolute atomic E-state index is 13.0. The van der Waals surface area contributed by atoms with E-state index in [1.54, 1.807) is 12.1 Å². The van der Waals surface area contributed by atoms with E-state index in [0.717, 1.165) is 16.8 Å². The molecule has 1 aliphatic rings. The number of aryl methyl sites for hydroxylation is 1. The Hall–Kier alpha value is -3.60. The van der Waals surface area contributed by atoms with Gasteiger partial charge < -0.3 is 16.0 Å². The number of carbonyl (C=O) groups is 2. The number of primary amides is 1. The van der Waals surface area contributed by atoms with Crippen LogP contribution in [0.5, 0.6) is 0 Å². The number of fused-ring (bicyclic) bond motifs is 1. The molecule has 4 rings (SSSR count). The van der Waals surface area contributed by atoms with Crippen molar-refractivity contribution in [1.29, 1.82) is 0 Å². The predicted molar refractivity (Wildman–Crippen MR) is 110 cm³/mol. The first-order valence-corrected chi connectivity index (χ1v) is 9.15. The van der Waals surface area contributed by atoms with Crippen molar-refractivity contribution < 1.29 is 9.59 Å². The lowest BCUT2D eigenvalue weighted by molar-refractivity contribution is -0.117. The number of amides is 2. The van der Waals surface area contributed by atoms with Gasteiger partial charge in [-0.2, -0.15) is 0 Å². The molecule has 0 aromatic heterocycles. The van der Waals surface area contributed by atoms with E-state index in [4.69, 9.17) is 5.73 Å². The molecule has 1 heterocycles. The Kier molecular flexibility index (Phi) is 4.57. The van der Waals surface area contributed by atoms with Crippen LogP contribution in [0.2, 0.25) is 0 Å². The number of hydrogen-bond acceptors (Lipinski definition) is 3. The molecule has 0 saturated heterocycles. The van der Waals surface area contributed by atoms with Crippen molar-refractivity contribution in [2.24, 2.45) is 5.73 Å². The summed E-state index contributed by atoms with van der Waals surface area (Å²) in [5.74, 6) is -0.653. The van der Waals surface area contributed by atoms with Gasteiger partial charge in [0.05, 0.1) is 11.4 Å². The van der Waals surface area contributed by atoms with Gasteiger partial charge in [-0.1, -0.05) is 60.2 Å². The standard InChI is InChI=1S/C23H21N3O2/c1-15-7-9-16(10-8-15)14-26-20-12-11-18(22(24)27)13-19(20)25-23(28)21(26)17-5-3-2-4-6-17/h2-13,21H,14H2,1H3,(H2,24,27)(H,25,28). The summed E-state index contributed by atoms with van der Waals surface area (Å²) in [4.78, 5) is 26.6. The molecular formula is C23H21N3O2. The minimum Gasteiger partial charge on any atom is -0.366 e. The Morgan fingerprint density at radius 3 is 2.43 bits per heavy atom. The number of anilines is 2. The van der Waals surface area contributed by atoms with Crippen molar-refractivity contribution in [3.8, 4) is 0 Å². The number of nitrogens with zero attached hydrogens (tertiary/aromatic N) is 1. The summed E-state index contributed by atoms with van der Waals surface area (Å²) in [6.45, 7) is 2.61. The van der Waals surface area contributed by atoms with Gasteiger partial charge in [0.15, 0.2) is 0 Å². The number of carbonyl (C=O) groups excluding carboxylic acids is 2. The summed E-state index contributed by atoms with van der Waals surface area (Å²) < 4.78 is 0. The smallest absolute Gasteiger partial charge is 0.251 e. The van der Waals surface area contributed by atoms with Crippen LogP contribution in [-0.4, -0.2) is 11.8 Å². The zero-order chi connectivity index (χ0) is 19.7. The topological polar surface area (TPSA) is 75.4 Å². The van der Waals surface area contributed by atoms with E-state index >= 15 is 0 Å². The zero-order valence-corrected chi connectivity index (χ0v) is 15.6. The van der Waals surface area contributed by atoms with Crippen LogP contribution >= 0.6 is 0 Å². The molecule has 0 spiro atoms. The second kappa shape index (κ2) is 7.19. The van der Waals surface area contributed by atoms with Crippen LogP contribution < -0.4 is 16.0 Å². The summed E-state index contributed by atoms with van der Waals surface area (Å²) in [6, 6.07) is 22.7. The molecule has 3 aromatic carbocycles. The normalized spacial score (nSPS) is 15.7. The predicted octanol–water partition coefficient (Wildman–Crippen LogP) is 3.79. The van der Waals surface area contributed by atoms with Gasteiger partial charge in [-0.3, -0.25) is 9.59 Å². The van der Waals surface area contributed by atoms with Crippen LogP contribution in [0, 0.1) is 6.92 Å². The molecule has 2 amide bonds. The molecule has 1 aliphatic heterocycles. The Labute approximate surface area is 163 Å². The maximum atomic E-state index is 13.0. The summed E-state index contributed by atoms with van der Waals surface area (Å²) in [6.07, 6.45) is 0. The second-order valence-electron chi connectivity index (χ2n) is 7.01. The van der Waals surface area contributed by atoms with Crippen molar-refractivity contribution in [2.75, 3.05) is 10.2 Å². The first kappa shape index (κ1) is 17.8. The van der Waals surface area contributed by atoms with Crippen LogP contribution in [0.25, 0.3) is 0 Å². The molecule has 28 heavy (non-hydrogen) atoms. The summed E-state index contributed by atoms with van der Waals surface area (Å²) in [7, 11) is 0. The van der Waals surface area contributed by atoms with E-state index in [1.165, 1.54) is 5.56 Å². The molecule has 140 valence electrons. The van der Waals surface area contributed by atoms with Crippen LogP contribution in [0.1, 0.15) is 33.1 Å². The van der Waals surface area contributed by atoms with Crippen LogP contribution in [0.15, 0.2) is 72.8 Å². The quantitative estimate of drug-likeness (QED) is 0.733. The average molecular weight is 371 g/mol. The Bertz CT molecular complexity index is 1030. The van der Waals surface area contributed by atoms with E-state index in [1.807, 2.05) is 43.3 Å². The zero-order valence-electron chi connectivity index (χ0n) is 15.6. The SMILES string of the molecule is Cc1ccc(CN2c3ccc(C(N)=O)cc3NC(=O)C2c2ccccc2)cc1. The lowest BCUT2D eigenvalue weighted by atomic mass is 9.98. The highest BCUT2D eigenvalue weighted by Gasteiger charge is 2.34. The number of rotatable bonds is 4. The van der Waals surface area contributed by atoms with Crippen molar-refractivity contribution in [3.63, 3.8) is 0 Å². The van der Waals surface area contributed by atoms with Crippen LogP contribution in [0.4, 0.5) is 11.4 Å². The minimum atomic E-state index is -0.521. The van der Waals surface area contributed by atoms with Crippen molar-refractivity contribution in [3.05, 3.63) is 95.1 Å². The first-order valence-electron chi connectivity index (χ1n) is 9.15. The minimum absolute atomic E-state index is 0.132. The summed E-state index contributed by atoms with van der Waals surface area (Å²) in [5, 5.41) is 2.94. The molecule has 3 N–H and O–H groups in total. The Morgan fingerprint density at radius 1 is 1.04 bits per heavy atom. The lowest BCUT2D eigenvalue weighted by Crippen LogP contribution is -2.41. The molecule has 0 fully saturated rings. The largest absolute Gasteiger partial charge is 0.366 e. The fourth-order valence-electron chi connectivity index (χ4n) is 3.55. The van der Waals surface area contributed by atoms with Gasteiger partial charge in [-0.05, 0) is 36.2 Å². The Balaban J connectivity index is 1.81. The molecule has 5 heteroatoms. The highest BCUT2D eigenvalue weighted by molar-refractivity contribution is 6.06. The summed E-state index contributed by atoms with van der Waals surface area (Å²) in [5.41, 5.74) is 10.4. The Morgan fingerprint density at radius 2 is 1.75 bits per heavy atom. The van der Waals surface area contributed by atoms with Gasteiger partial charge in [0, 0.05) is 12.1 Å². The molecule has 0 saturated carbocycles. The molecule has 3 aromatic rings. The van der Waals surface area contributed by atoms with Gasteiger partial charge in [0.2, 0.25) is 5.91 Å². The number of nitrogens with one attached hydrogen (secondary N) is 1. The van der Waals surface area contributed by atoms with Crippen molar-refractivity contribution in [1.82, 2.24) is 0 Å². The fourth-order valence-corrected chi connectivity index (χ4v) is 3.55. The molecule has 0 aliphatic carbocycles. The highest BCUT2D eigenvalue weighted by atomic mass is 16.2. The van der Waals surface area contributed by atoms with E-state index in [0.29, 0.717) is 17.8 Å². The van der Waals surface area contributed by atoms with Crippen molar-refractivity contribution >= 4 is 23.2 Å². The summed E-state index contributed by atoms with van der Waals surface area (Å²) >= 11 is 0. The monoisotopic (exact) mass is 371 g/mol. The van der Waals surface area contributed by atoms with E-state index < -0.39 is 11.9 Å². The third-order valence-corrected chi connectivity index (χ3v) is 5.00. The molecule has 1 atom stereocenters. The third kappa shape index (κ3) is 3.34. The molecular weight excluding hydrogens is 350 g/mol.